The lowest BCUT2D eigenvalue weighted by atomic mass is 9.86. The van der Waals surface area contributed by atoms with Gasteiger partial charge in [0.05, 0.1) is 16.1 Å². The number of benzene rings is 3. The van der Waals surface area contributed by atoms with Gasteiger partial charge >= 0.3 is 0 Å². The number of ether oxygens (including phenoxy) is 1. The van der Waals surface area contributed by atoms with Crippen LogP contribution in [0.4, 0.5) is 0 Å². The van der Waals surface area contributed by atoms with Crippen molar-refractivity contribution in [3.05, 3.63) is 93.5 Å². The van der Waals surface area contributed by atoms with Crippen molar-refractivity contribution in [2.75, 3.05) is 6.54 Å². The Morgan fingerprint density at radius 3 is 2.50 bits per heavy atom. The Morgan fingerprint density at radius 2 is 1.78 bits per heavy atom. The third kappa shape index (κ3) is 5.53. The van der Waals surface area contributed by atoms with Crippen LogP contribution in [0.25, 0.3) is 0 Å². The van der Waals surface area contributed by atoms with Crippen LogP contribution in [0.5, 0.6) is 5.75 Å². The molecule has 3 aromatic carbocycles. The van der Waals surface area contributed by atoms with E-state index < -0.39 is 27.8 Å². The molecule has 0 saturated carbocycles. The first kappa shape index (κ1) is 26.4. The van der Waals surface area contributed by atoms with Gasteiger partial charge in [-0.15, -0.1) is 0 Å². The summed E-state index contributed by atoms with van der Waals surface area (Å²) in [4.78, 5) is 12.6. The lowest BCUT2D eigenvalue weighted by molar-refractivity contribution is -0.0603. The van der Waals surface area contributed by atoms with E-state index in [-0.39, 0.29) is 20.8 Å². The number of aliphatic hydroxyl groups excluding tert-OH is 1. The Bertz CT molecular complexity index is 1380. The Kier molecular flexibility index (Phi) is 7.64. The van der Waals surface area contributed by atoms with E-state index in [2.05, 4.69) is 10.0 Å². The van der Waals surface area contributed by atoms with Gasteiger partial charge in [0.1, 0.15) is 22.4 Å². The molecule has 0 fully saturated rings. The van der Waals surface area contributed by atoms with Crippen LogP contribution in [0.15, 0.2) is 71.6 Å². The summed E-state index contributed by atoms with van der Waals surface area (Å²) in [6, 6.07) is 17.7. The molecule has 1 heterocycles. The van der Waals surface area contributed by atoms with Crippen molar-refractivity contribution >= 4 is 39.1 Å². The average Bonchev–Trinajstić information content (AvgIpc) is 2.84. The number of halogens is 2. The second-order valence-electron chi connectivity index (χ2n) is 9.05. The fraction of sp³-hybridized carbons (Fsp3) is 0.269. The lowest BCUT2D eigenvalue weighted by Gasteiger charge is -2.42. The van der Waals surface area contributed by atoms with Crippen LogP contribution in [-0.2, 0) is 16.4 Å². The maximum atomic E-state index is 13.2. The molecule has 3 N–H and O–H groups in total. The molecule has 190 valence electrons. The number of rotatable bonds is 7. The molecule has 10 heteroatoms. The summed E-state index contributed by atoms with van der Waals surface area (Å²) < 4.78 is 35.0. The molecule has 0 unspecified atom stereocenters. The fourth-order valence-corrected chi connectivity index (χ4v) is 6.04. The van der Waals surface area contributed by atoms with Crippen LogP contribution in [-0.4, -0.2) is 37.7 Å². The van der Waals surface area contributed by atoms with Gasteiger partial charge in [-0.25, -0.2) is 13.1 Å². The van der Waals surface area contributed by atoms with E-state index in [0.29, 0.717) is 29.8 Å². The second-order valence-corrected chi connectivity index (χ2v) is 11.5. The maximum Gasteiger partial charge on any atom is 0.251 e. The van der Waals surface area contributed by atoms with Gasteiger partial charge in [0.2, 0.25) is 10.0 Å². The van der Waals surface area contributed by atoms with Crippen LogP contribution in [0.1, 0.15) is 41.4 Å². The van der Waals surface area contributed by atoms with E-state index in [0.717, 1.165) is 5.56 Å². The van der Waals surface area contributed by atoms with E-state index in [1.54, 1.807) is 26.0 Å². The van der Waals surface area contributed by atoms with Gasteiger partial charge in [0.15, 0.2) is 0 Å². The monoisotopic (exact) mass is 548 g/mol. The highest BCUT2D eigenvalue weighted by atomic mass is 35.5. The molecule has 0 aliphatic carbocycles. The summed E-state index contributed by atoms with van der Waals surface area (Å²) in [5.41, 5.74) is 0.621. The van der Waals surface area contributed by atoms with Gasteiger partial charge in [-0.1, -0.05) is 59.6 Å². The predicted octanol–water partition coefficient (Wildman–Crippen LogP) is 4.52. The van der Waals surface area contributed by atoms with Crippen molar-refractivity contribution < 1.29 is 23.1 Å². The van der Waals surface area contributed by atoms with Crippen molar-refractivity contribution in [1.29, 1.82) is 0 Å². The minimum atomic E-state index is -4.20. The smallest absolute Gasteiger partial charge is 0.251 e. The zero-order chi connectivity index (χ0) is 26.1. The molecular formula is C26H26Cl2N2O5S. The molecule has 1 aliphatic rings. The summed E-state index contributed by atoms with van der Waals surface area (Å²) >= 11 is 12.2. The first-order valence-electron chi connectivity index (χ1n) is 11.3. The van der Waals surface area contributed by atoms with E-state index in [4.69, 9.17) is 27.9 Å². The number of carbonyl (C=O) groups is 1. The standard InChI is InChI=1S/C26H26Cl2N2O5S/c1-26(2)24(31)23(30-36(33,34)21-10-6-9-19(27)22(21)28)18-15-17(11-12-20(18)35-26)25(32)29-14-13-16-7-4-3-5-8-16/h3-12,15,23-24,30-31H,13-14H2,1-2H3,(H,29,32)/t23-,24+/m1/s1. The number of carbonyl (C=O) groups excluding carboxylic acids is 1. The third-order valence-electron chi connectivity index (χ3n) is 6.04. The summed E-state index contributed by atoms with van der Waals surface area (Å²) in [5.74, 6) is 0.0311. The molecule has 2 atom stereocenters. The normalized spacial score (nSPS) is 18.7. The third-order valence-corrected chi connectivity index (χ3v) is 8.45. The van der Waals surface area contributed by atoms with Crippen molar-refractivity contribution in [3.63, 3.8) is 0 Å². The van der Waals surface area contributed by atoms with Crippen LogP contribution in [0.3, 0.4) is 0 Å². The van der Waals surface area contributed by atoms with Crippen molar-refractivity contribution in [2.45, 2.75) is 42.9 Å². The molecule has 0 spiro atoms. The molecular weight excluding hydrogens is 523 g/mol. The topological polar surface area (TPSA) is 105 Å². The summed E-state index contributed by atoms with van der Waals surface area (Å²) in [7, 11) is -4.20. The Hall–Kier alpha value is -2.62. The van der Waals surface area contributed by atoms with Crippen LogP contribution in [0.2, 0.25) is 10.0 Å². The zero-order valence-corrected chi connectivity index (χ0v) is 22.0. The number of sulfonamides is 1. The lowest BCUT2D eigenvalue weighted by Crippen LogP contribution is -2.53. The number of hydrogen-bond acceptors (Lipinski definition) is 5. The number of amides is 1. The highest BCUT2D eigenvalue weighted by molar-refractivity contribution is 7.89. The molecule has 1 aliphatic heterocycles. The predicted molar refractivity (Wildman–Crippen MR) is 139 cm³/mol. The van der Waals surface area contributed by atoms with E-state index in [9.17, 15) is 18.3 Å². The molecule has 4 rings (SSSR count). The Labute approximate surface area is 220 Å². The van der Waals surface area contributed by atoms with E-state index in [1.165, 1.54) is 24.3 Å². The minimum Gasteiger partial charge on any atom is -0.485 e. The van der Waals surface area contributed by atoms with Gasteiger partial charge in [-0.2, -0.15) is 0 Å². The first-order chi connectivity index (χ1) is 17.0. The number of nitrogens with one attached hydrogen (secondary N) is 2. The molecule has 0 saturated heterocycles. The second kappa shape index (κ2) is 10.4. The average molecular weight is 549 g/mol. The van der Waals surface area contributed by atoms with Gasteiger partial charge in [0.25, 0.3) is 5.91 Å². The molecule has 1 amide bonds. The van der Waals surface area contributed by atoms with Crippen molar-refractivity contribution in [2.24, 2.45) is 0 Å². The van der Waals surface area contributed by atoms with Gasteiger partial charge in [0, 0.05) is 17.7 Å². The van der Waals surface area contributed by atoms with Crippen molar-refractivity contribution in [3.8, 4) is 5.75 Å². The summed E-state index contributed by atoms with van der Waals surface area (Å²) in [6.45, 7) is 3.73. The van der Waals surface area contributed by atoms with Gasteiger partial charge in [-0.3, -0.25) is 4.79 Å². The maximum absolute atomic E-state index is 13.2. The molecule has 3 aromatic rings. The van der Waals surface area contributed by atoms with Crippen LogP contribution < -0.4 is 14.8 Å². The Balaban J connectivity index is 1.61. The number of hydrogen-bond donors (Lipinski definition) is 3. The van der Waals surface area contributed by atoms with E-state index >= 15 is 0 Å². The van der Waals surface area contributed by atoms with Crippen LogP contribution in [0, 0.1) is 0 Å². The quantitative estimate of drug-likeness (QED) is 0.402. The van der Waals surface area contributed by atoms with Gasteiger partial charge in [-0.05, 0) is 56.2 Å². The van der Waals surface area contributed by atoms with Gasteiger partial charge < -0.3 is 15.2 Å². The summed E-state index contributed by atoms with van der Waals surface area (Å²) in [6.07, 6.45) is -0.606. The van der Waals surface area contributed by atoms with Crippen molar-refractivity contribution in [1.82, 2.24) is 10.0 Å². The highest BCUT2D eigenvalue weighted by Gasteiger charge is 2.45. The first-order valence-corrected chi connectivity index (χ1v) is 13.5. The molecule has 0 radical (unpaired) electrons. The Morgan fingerprint density at radius 1 is 1.06 bits per heavy atom. The van der Waals surface area contributed by atoms with E-state index in [1.807, 2.05) is 30.3 Å². The highest BCUT2D eigenvalue weighted by Crippen LogP contribution is 2.41. The summed E-state index contributed by atoms with van der Waals surface area (Å²) in [5, 5.41) is 13.9. The fourth-order valence-electron chi connectivity index (χ4n) is 4.06. The zero-order valence-electron chi connectivity index (χ0n) is 19.7. The molecule has 7 nitrogen and oxygen atoms in total. The van der Waals surface area contributed by atoms with Crippen LogP contribution >= 0.6 is 23.2 Å². The molecule has 0 bridgehead atoms. The number of aliphatic hydroxyl groups is 1. The number of fused-ring (bicyclic) bond motifs is 1. The minimum absolute atomic E-state index is 0.0854. The SMILES string of the molecule is CC1(C)Oc2ccc(C(=O)NCCc3ccccc3)cc2[C@@H](NS(=O)(=O)c2cccc(Cl)c2Cl)[C@@H]1O. The molecule has 0 aromatic heterocycles. The molecule has 36 heavy (non-hydrogen) atoms. The largest absolute Gasteiger partial charge is 0.485 e.